The number of nitriles is 1. The molecule has 0 saturated carbocycles. The molecular formula is C19H18N4O2S3. The van der Waals surface area contributed by atoms with Gasteiger partial charge >= 0.3 is 0 Å². The molecule has 0 aromatic carbocycles. The lowest BCUT2D eigenvalue weighted by molar-refractivity contribution is -0.127. The molecule has 144 valence electrons. The monoisotopic (exact) mass is 430 g/mol. The Labute approximate surface area is 174 Å². The molecule has 6 nitrogen and oxygen atoms in total. The van der Waals surface area contributed by atoms with Crippen molar-refractivity contribution in [3.05, 3.63) is 45.9 Å². The lowest BCUT2D eigenvalue weighted by Crippen LogP contribution is -2.29. The molecule has 0 aliphatic carbocycles. The zero-order chi connectivity index (χ0) is 20.1. The van der Waals surface area contributed by atoms with Gasteiger partial charge in [-0.15, -0.1) is 29.3 Å². The highest BCUT2D eigenvalue weighted by atomic mass is 32.2. The second kappa shape index (κ2) is 9.19. The molecule has 1 amide bonds. The quantitative estimate of drug-likeness (QED) is 0.308. The van der Waals surface area contributed by atoms with E-state index in [1.165, 1.54) is 28.0 Å². The summed E-state index contributed by atoms with van der Waals surface area (Å²) in [5.74, 6) is 0.0467. The molecule has 0 bridgehead atoms. The van der Waals surface area contributed by atoms with Crippen LogP contribution >= 0.6 is 34.4 Å². The number of rotatable bonds is 8. The summed E-state index contributed by atoms with van der Waals surface area (Å²) in [6.07, 6.45) is 1.94. The van der Waals surface area contributed by atoms with Gasteiger partial charge in [0, 0.05) is 36.0 Å². The second-order valence-electron chi connectivity index (χ2n) is 5.92. The van der Waals surface area contributed by atoms with Crippen molar-refractivity contribution in [2.75, 3.05) is 19.3 Å². The van der Waals surface area contributed by atoms with Crippen LogP contribution in [-0.4, -0.2) is 39.7 Å². The zero-order valence-corrected chi connectivity index (χ0v) is 17.7. The molecule has 3 rings (SSSR count). The summed E-state index contributed by atoms with van der Waals surface area (Å²) >= 11 is 4.25. The minimum absolute atomic E-state index is 0.106. The first-order valence-electron chi connectivity index (χ1n) is 8.47. The lowest BCUT2D eigenvalue weighted by Gasteiger charge is -2.16. The van der Waals surface area contributed by atoms with Crippen molar-refractivity contribution < 1.29 is 4.79 Å². The third kappa shape index (κ3) is 4.19. The molecule has 0 aliphatic rings. The molecule has 0 spiro atoms. The van der Waals surface area contributed by atoms with Gasteiger partial charge in [0.05, 0.1) is 23.6 Å². The molecule has 3 aromatic heterocycles. The van der Waals surface area contributed by atoms with Crippen LogP contribution in [0.4, 0.5) is 0 Å². The number of amides is 1. The Morgan fingerprint density at radius 1 is 1.50 bits per heavy atom. The van der Waals surface area contributed by atoms with Crippen molar-refractivity contribution in [3.8, 4) is 16.5 Å². The Hall–Kier alpha value is -2.41. The molecule has 0 fully saturated rings. The van der Waals surface area contributed by atoms with Gasteiger partial charge in [-0.3, -0.25) is 14.2 Å². The van der Waals surface area contributed by atoms with E-state index in [4.69, 9.17) is 5.26 Å². The van der Waals surface area contributed by atoms with E-state index in [9.17, 15) is 9.59 Å². The third-order valence-electron chi connectivity index (χ3n) is 4.07. The summed E-state index contributed by atoms with van der Waals surface area (Å²) < 4.78 is 1.56. The summed E-state index contributed by atoms with van der Waals surface area (Å²) in [4.78, 5) is 33.3. The van der Waals surface area contributed by atoms with Crippen LogP contribution in [0.25, 0.3) is 20.7 Å². The second-order valence-corrected chi connectivity index (χ2v) is 8.67. The Bertz CT molecular complexity index is 1090. The number of aromatic nitrogens is 2. The molecule has 9 heteroatoms. The van der Waals surface area contributed by atoms with Crippen LogP contribution in [0.1, 0.15) is 6.42 Å². The van der Waals surface area contributed by atoms with Crippen LogP contribution < -0.4 is 5.56 Å². The van der Waals surface area contributed by atoms with Gasteiger partial charge in [-0.25, -0.2) is 4.98 Å². The molecule has 0 unspecified atom stereocenters. The van der Waals surface area contributed by atoms with Crippen LogP contribution in [0.2, 0.25) is 0 Å². The number of thioether (sulfide) groups is 1. The number of hydrogen-bond acceptors (Lipinski definition) is 7. The van der Waals surface area contributed by atoms with Crippen LogP contribution in [0.3, 0.4) is 0 Å². The fourth-order valence-corrected chi connectivity index (χ4v) is 5.35. The Morgan fingerprint density at radius 3 is 3.00 bits per heavy atom. The van der Waals surface area contributed by atoms with Gasteiger partial charge in [0.2, 0.25) is 5.91 Å². The third-order valence-corrected chi connectivity index (χ3v) is 6.80. The molecule has 0 saturated heterocycles. The van der Waals surface area contributed by atoms with Crippen LogP contribution in [0.5, 0.6) is 0 Å². The summed E-state index contributed by atoms with van der Waals surface area (Å²) in [7, 11) is 1.67. The average molecular weight is 431 g/mol. The Kier molecular flexibility index (Phi) is 6.67. The summed E-state index contributed by atoms with van der Waals surface area (Å²) in [5, 5.41) is 13.7. The van der Waals surface area contributed by atoms with Crippen molar-refractivity contribution in [3.63, 3.8) is 0 Å². The SMILES string of the molecule is C=CCn1c(SCC(=O)N(C)CCC#N)nc2scc(-c3cccs3)c2c1=O. The number of hydrogen-bond donors (Lipinski definition) is 0. The van der Waals surface area contributed by atoms with Crippen molar-refractivity contribution in [2.24, 2.45) is 0 Å². The van der Waals surface area contributed by atoms with Gasteiger partial charge in [0.15, 0.2) is 5.16 Å². The number of allylic oxidation sites excluding steroid dienone is 1. The standard InChI is InChI=1S/C19H18N4O2S3/c1-3-8-23-18(25)16-13(14-6-4-10-26-14)11-27-17(16)21-19(23)28-12-15(24)22(2)9-5-7-20/h3-4,6,10-11H,1,5,8-9,12H2,2H3. The normalized spacial score (nSPS) is 10.7. The van der Waals surface area contributed by atoms with E-state index in [1.54, 1.807) is 29.0 Å². The lowest BCUT2D eigenvalue weighted by atomic mass is 10.2. The first-order chi connectivity index (χ1) is 13.6. The maximum Gasteiger partial charge on any atom is 0.263 e. The molecule has 0 radical (unpaired) electrons. The highest BCUT2D eigenvalue weighted by Crippen LogP contribution is 2.34. The number of carbonyl (C=O) groups is 1. The van der Waals surface area contributed by atoms with Crippen LogP contribution in [0.15, 0.2) is 45.5 Å². The summed E-state index contributed by atoms with van der Waals surface area (Å²) in [6.45, 7) is 4.45. The van der Waals surface area contributed by atoms with Crippen LogP contribution in [-0.2, 0) is 11.3 Å². The molecule has 28 heavy (non-hydrogen) atoms. The van der Waals surface area contributed by atoms with E-state index in [2.05, 4.69) is 11.6 Å². The zero-order valence-electron chi connectivity index (χ0n) is 15.3. The van der Waals surface area contributed by atoms with E-state index >= 15 is 0 Å². The molecule has 3 aromatic rings. The van der Waals surface area contributed by atoms with Crippen molar-refractivity contribution in [1.29, 1.82) is 5.26 Å². The fraction of sp³-hybridized carbons (Fsp3) is 0.263. The van der Waals surface area contributed by atoms with Crippen LogP contribution in [0, 0.1) is 11.3 Å². The van der Waals surface area contributed by atoms with Gasteiger partial charge in [0.1, 0.15) is 4.83 Å². The Morgan fingerprint density at radius 2 is 2.32 bits per heavy atom. The number of thiophene rings is 2. The largest absolute Gasteiger partial charge is 0.344 e. The van der Waals surface area contributed by atoms with Gasteiger partial charge in [0.25, 0.3) is 5.56 Å². The van der Waals surface area contributed by atoms with E-state index in [1.807, 2.05) is 29.0 Å². The topological polar surface area (TPSA) is 79.0 Å². The van der Waals surface area contributed by atoms with Gasteiger partial charge in [-0.1, -0.05) is 23.9 Å². The first kappa shape index (κ1) is 20.3. The molecular weight excluding hydrogens is 412 g/mol. The average Bonchev–Trinajstić information content (AvgIpc) is 3.36. The van der Waals surface area contributed by atoms with Gasteiger partial charge < -0.3 is 4.90 Å². The molecule has 0 N–H and O–H groups in total. The van der Waals surface area contributed by atoms with Crippen molar-refractivity contribution in [2.45, 2.75) is 18.1 Å². The molecule has 3 heterocycles. The van der Waals surface area contributed by atoms with Crippen molar-refractivity contribution in [1.82, 2.24) is 14.5 Å². The smallest absolute Gasteiger partial charge is 0.263 e. The molecule has 0 atom stereocenters. The minimum atomic E-state index is -0.123. The number of carbonyl (C=O) groups excluding carboxylic acids is 1. The van der Waals surface area contributed by atoms with Crippen molar-refractivity contribution >= 4 is 50.6 Å². The first-order valence-corrected chi connectivity index (χ1v) is 11.2. The summed E-state index contributed by atoms with van der Waals surface area (Å²) in [5.41, 5.74) is 0.775. The molecule has 0 aliphatic heterocycles. The van der Waals surface area contributed by atoms with E-state index in [0.717, 1.165) is 10.4 Å². The van der Waals surface area contributed by atoms with E-state index < -0.39 is 0 Å². The Balaban J connectivity index is 1.94. The highest BCUT2D eigenvalue weighted by Gasteiger charge is 2.18. The predicted octanol–water partition coefficient (Wildman–Crippen LogP) is 3.84. The van der Waals surface area contributed by atoms with E-state index in [-0.39, 0.29) is 17.2 Å². The van der Waals surface area contributed by atoms with E-state index in [0.29, 0.717) is 34.9 Å². The minimum Gasteiger partial charge on any atom is -0.344 e. The van der Waals surface area contributed by atoms with Gasteiger partial charge in [-0.2, -0.15) is 5.26 Å². The number of nitrogens with zero attached hydrogens (tertiary/aromatic N) is 4. The maximum absolute atomic E-state index is 13.2. The maximum atomic E-state index is 13.2. The fourth-order valence-electron chi connectivity index (χ4n) is 2.60. The predicted molar refractivity (Wildman–Crippen MR) is 116 cm³/mol. The number of fused-ring (bicyclic) bond motifs is 1. The highest BCUT2D eigenvalue weighted by molar-refractivity contribution is 7.99. The summed E-state index contributed by atoms with van der Waals surface area (Å²) in [6, 6.07) is 5.97. The van der Waals surface area contributed by atoms with Gasteiger partial charge in [-0.05, 0) is 11.4 Å².